The molecule has 0 aliphatic heterocycles. The maximum atomic E-state index is 10.8. The van der Waals surface area contributed by atoms with Crippen molar-refractivity contribution >= 4 is 34.5 Å². The third kappa shape index (κ3) is 2.35. The van der Waals surface area contributed by atoms with Crippen LogP contribution in [0.1, 0.15) is 0 Å². The van der Waals surface area contributed by atoms with Gasteiger partial charge in [0.1, 0.15) is 0 Å². The van der Waals surface area contributed by atoms with Crippen LogP contribution in [0.5, 0.6) is 0 Å². The molecule has 0 bridgehead atoms. The molecule has 0 aromatic carbocycles. The molecule has 12 heavy (non-hydrogen) atoms. The van der Waals surface area contributed by atoms with Gasteiger partial charge in [-0.2, -0.15) is 9.36 Å². The molecule has 0 aliphatic rings. The lowest BCUT2D eigenvalue weighted by Crippen LogP contribution is -2.24. The fraction of sp³-hybridized carbons (Fsp3) is 0.400. The van der Waals surface area contributed by atoms with E-state index < -0.39 is 0 Å². The van der Waals surface area contributed by atoms with Gasteiger partial charge < -0.3 is 5.32 Å². The van der Waals surface area contributed by atoms with E-state index in [0.29, 0.717) is 10.3 Å². The van der Waals surface area contributed by atoms with E-state index in [-0.39, 0.29) is 6.03 Å². The summed E-state index contributed by atoms with van der Waals surface area (Å²) in [7, 11) is 1.55. The van der Waals surface area contributed by atoms with E-state index in [1.807, 2.05) is 6.26 Å². The molecular weight excluding hydrogens is 196 g/mol. The molecule has 0 spiro atoms. The van der Waals surface area contributed by atoms with Crippen LogP contribution in [-0.4, -0.2) is 28.7 Å². The molecule has 1 aromatic rings. The number of hydrogen-bond donors (Lipinski definition) is 2. The van der Waals surface area contributed by atoms with Crippen LogP contribution in [0.25, 0.3) is 0 Å². The van der Waals surface area contributed by atoms with Gasteiger partial charge in [-0.3, -0.25) is 5.32 Å². The molecule has 0 unspecified atom stereocenters. The van der Waals surface area contributed by atoms with Crippen molar-refractivity contribution in [2.45, 2.75) is 5.16 Å². The minimum absolute atomic E-state index is 0.279. The summed E-state index contributed by atoms with van der Waals surface area (Å²) in [6, 6.07) is -0.279. The van der Waals surface area contributed by atoms with Gasteiger partial charge in [-0.15, -0.1) is 0 Å². The lowest BCUT2D eigenvalue weighted by molar-refractivity contribution is 0.254. The summed E-state index contributed by atoms with van der Waals surface area (Å²) >= 11 is 2.60. The van der Waals surface area contributed by atoms with Crippen molar-refractivity contribution in [3.05, 3.63) is 0 Å². The van der Waals surface area contributed by atoms with E-state index in [4.69, 9.17) is 0 Å². The molecule has 7 heteroatoms. The predicted octanol–water partition coefficient (Wildman–Crippen LogP) is 1.01. The number of aromatic nitrogens is 2. The number of amides is 2. The standard InChI is InChI=1S/C5H8N4OS2/c1-6-3(10)7-4-8-5(11-2)9-12-4/h1-2H3,(H2,6,7,8,9,10). The van der Waals surface area contributed by atoms with E-state index >= 15 is 0 Å². The largest absolute Gasteiger partial charge is 0.341 e. The molecule has 1 rings (SSSR count). The first-order valence-electron chi connectivity index (χ1n) is 3.12. The van der Waals surface area contributed by atoms with Crippen molar-refractivity contribution in [2.75, 3.05) is 18.6 Å². The van der Waals surface area contributed by atoms with Gasteiger partial charge in [0, 0.05) is 18.6 Å². The average molecular weight is 204 g/mol. The highest BCUT2D eigenvalue weighted by molar-refractivity contribution is 7.98. The molecule has 0 radical (unpaired) electrons. The van der Waals surface area contributed by atoms with E-state index in [2.05, 4.69) is 20.0 Å². The normalized spacial score (nSPS) is 9.50. The Morgan fingerprint density at radius 1 is 1.67 bits per heavy atom. The zero-order chi connectivity index (χ0) is 8.97. The van der Waals surface area contributed by atoms with Crippen molar-refractivity contribution in [1.82, 2.24) is 14.7 Å². The van der Waals surface area contributed by atoms with Gasteiger partial charge in [-0.1, -0.05) is 11.8 Å². The van der Waals surface area contributed by atoms with Crippen molar-refractivity contribution < 1.29 is 4.79 Å². The van der Waals surface area contributed by atoms with Crippen molar-refractivity contribution in [2.24, 2.45) is 0 Å². The SMILES string of the molecule is CNC(=O)Nc1nc(SC)ns1. The summed E-state index contributed by atoms with van der Waals surface area (Å²) < 4.78 is 3.97. The Kier molecular flexibility index (Phi) is 3.30. The molecule has 0 aliphatic carbocycles. The fourth-order valence-corrected chi connectivity index (χ4v) is 1.62. The van der Waals surface area contributed by atoms with Crippen molar-refractivity contribution in [3.63, 3.8) is 0 Å². The fourth-order valence-electron chi connectivity index (χ4n) is 0.503. The molecule has 0 saturated carbocycles. The van der Waals surface area contributed by atoms with Crippen molar-refractivity contribution in [1.29, 1.82) is 0 Å². The van der Waals surface area contributed by atoms with Crippen LogP contribution >= 0.6 is 23.3 Å². The highest BCUT2D eigenvalue weighted by Gasteiger charge is 2.04. The topological polar surface area (TPSA) is 66.9 Å². The van der Waals surface area contributed by atoms with E-state index in [1.165, 1.54) is 11.8 Å². The minimum Gasteiger partial charge on any atom is -0.341 e. The lowest BCUT2D eigenvalue weighted by Gasteiger charge is -1.96. The summed E-state index contributed by atoms with van der Waals surface area (Å²) in [4.78, 5) is 14.8. The zero-order valence-corrected chi connectivity index (χ0v) is 8.25. The van der Waals surface area contributed by atoms with Crippen molar-refractivity contribution in [3.8, 4) is 0 Å². The highest BCUT2D eigenvalue weighted by atomic mass is 32.2. The van der Waals surface area contributed by atoms with Gasteiger partial charge in [0.2, 0.25) is 10.3 Å². The number of urea groups is 1. The number of carbonyl (C=O) groups is 1. The second-order valence-corrected chi connectivity index (χ2v) is 3.32. The molecule has 0 atom stereocenters. The molecule has 1 aromatic heterocycles. The summed E-state index contributed by atoms with van der Waals surface area (Å²) in [5.41, 5.74) is 0. The van der Waals surface area contributed by atoms with E-state index in [1.54, 1.807) is 7.05 Å². The molecule has 5 nitrogen and oxygen atoms in total. The summed E-state index contributed by atoms with van der Waals surface area (Å²) in [5, 5.41) is 6.14. The molecule has 2 amide bonds. The van der Waals surface area contributed by atoms with E-state index in [0.717, 1.165) is 11.5 Å². The van der Waals surface area contributed by atoms with Gasteiger partial charge in [0.05, 0.1) is 0 Å². The summed E-state index contributed by atoms with van der Waals surface area (Å²) in [6.45, 7) is 0. The maximum Gasteiger partial charge on any atom is 0.320 e. The third-order valence-corrected chi connectivity index (χ3v) is 2.33. The Morgan fingerprint density at radius 2 is 2.42 bits per heavy atom. The summed E-state index contributed by atoms with van der Waals surface area (Å²) in [6.07, 6.45) is 1.88. The Balaban J connectivity index is 2.58. The lowest BCUT2D eigenvalue weighted by atomic mass is 10.9. The van der Waals surface area contributed by atoms with E-state index in [9.17, 15) is 4.79 Å². The predicted molar refractivity (Wildman–Crippen MR) is 49.8 cm³/mol. The van der Waals surface area contributed by atoms with Crippen LogP contribution < -0.4 is 10.6 Å². The number of carbonyl (C=O) groups excluding carboxylic acids is 1. The molecule has 0 fully saturated rings. The smallest absolute Gasteiger partial charge is 0.320 e. The molecule has 1 heterocycles. The van der Waals surface area contributed by atoms with Crippen LogP contribution in [0.2, 0.25) is 0 Å². The quantitative estimate of drug-likeness (QED) is 0.706. The Labute approximate surface area is 78.1 Å². The first kappa shape index (κ1) is 9.27. The van der Waals surface area contributed by atoms with Gasteiger partial charge >= 0.3 is 6.03 Å². The first-order chi connectivity index (χ1) is 5.76. The maximum absolute atomic E-state index is 10.8. The first-order valence-corrected chi connectivity index (χ1v) is 5.12. The van der Waals surface area contributed by atoms with Crippen LogP contribution in [0.15, 0.2) is 5.16 Å². The molecule has 0 saturated heterocycles. The Morgan fingerprint density at radius 3 is 2.92 bits per heavy atom. The molecule has 66 valence electrons. The number of nitrogens with zero attached hydrogens (tertiary/aromatic N) is 2. The van der Waals surface area contributed by atoms with Crippen LogP contribution in [-0.2, 0) is 0 Å². The number of anilines is 1. The third-order valence-electron chi connectivity index (χ3n) is 1.04. The second kappa shape index (κ2) is 4.27. The summed E-state index contributed by atoms with van der Waals surface area (Å²) in [5.74, 6) is 0. The average Bonchev–Trinajstić information content (AvgIpc) is 2.52. The van der Waals surface area contributed by atoms with Gasteiger partial charge in [0.25, 0.3) is 0 Å². The Hall–Kier alpha value is -0.820. The number of rotatable bonds is 2. The minimum atomic E-state index is -0.279. The van der Waals surface area contributed by atoms with Crippen LogP contribution in [0.4, 0.5) is 9.93 Å². The highest BCUT2D eigenvalue weighted by Crippen LogP contribution is 2.16. The zero-order valence-electron chi connectivity index (χ0n) is 6.62. The van der Waals surface area contributed by atoms with Crippen LogP contribution in [0, 0.1) is 0 Å². The number of hydrogen-bond acceptors (Lipinski definition) is 5. The van der Waals surface area contributed by atoms with Gasteiger partial charge in [-0.25, -0.2) is 4.79 Å². The van der Waals surface area contributed by atoms with Crippen LogP contribution in [0.3, 0.4) is 0 Å². The monoisotopic (exact) mass is 204 g/mol. The molecule has 2 N–H and O–H groups in total. The number of nitrogens with one attached hydrogen (secondary N) is 2. The number of thioether (sulfide) groups is 1. The second-order valence-electron chi connectivity index (χ2n) is 1.79. The van der Waals surface area contributed by atoms with Gasteiger partial charge in [0.15, 0.2) is 0 Å². The molecular formula is C5H8N4OS2. The van der Waals surface area contributed by atoms with Gasteiger partial charge in [-0.05, 0) is 6.26 Å². The Bertz CT molecular complexity index is 274.